The van der Waals surface area contributed by atoms with Crippen molar-refractivity contribution in [1.29, 1.82) is 0 Å². The third-order valence-electron chi connectivity index (χ3n) is 4.35. The highest BCUT2D eigenvalue weighted by molar-refractivity contribution is 6.00. The third kappa shape index (κ3) is 2.54. The van der Waals surface area contributed by atoms with Crippen LogP contribution in [0, 0.1) is 0 Å². The van der Waals surface area contributed by atoms with Crippen molar-refractivity contribution in [3.63, 3.8) is 0 Å². The summed E-state index contributed by atoms with van der Waals surface area (Å²) in [5.74, 6) is 1.37. The summed E-state index contributed by atoms with van der Waals surface area (Å²) in [6.07, 6.45) is 3.97. The number of ether oxygens (including phenoxy) is 2. The Kier molecular flexibility index (Phi) is 3.17. The van der Waals surface area contributed by atoms with Crippen molar-refractivity contribution in [2.75, 3.05) is 0 Å². The molecule has 0 unspecified atom stereocenters. The van der Waals surface area contributed by atoms with Crippen LogP contribution in [-0.4, -0.2) is 16.5 Å². The summed E-state index contributed by atoms with van der Waals surface area (Å²) >= 11 is 0. The lowest BCUT2D eigenvalue weighted by Crippen LogP contribution is -2.27. The van der Waals surface area contributed by atoms with Crippen LogP contribution >= 0.6 is 0 Å². The molecule has 2 aliphatic rings. The van der Waals surface area contributed by atoms with E-state index in [1.165, 1.54) is 12.1 Å². The second-order valence-corrected chi connectivity index (χ2v) is 6.75. The highest BCUT2D eigenvalue weighted by Gasteiger charge is 2.29. The van der Waals surface area contributed by atoms with E-state index < -0.39 is 0 Å². The van der Waals surface area contributed by atoms with E-state index in [4.69, 9.17) is 9.47 Å². The van der Waals surface area contributed by atoms with E-state index in [0.717, 1.165) is 16.9 Å². The smallest absolute Gasteiger partial charge is 0.170 e. The van der Waals surface area contributed by atoms with Crippen LogP contribution in [0.3, 0.4) is 0 Å². The molecular weight excluding hydrogens is 304 g/mol. The Bertz CT molecular complexity index is 864. The van der Waals surface area contributed by atoms with Crippen LogP contribution in [0.2, 0.25) is 0 Å². The fourth-order valence-electron chi connectivity index (χ4n) is 3.10. The van der Waals surface area contributed by atoms with Gasteiger partial charge in [-0.15, -0.1) is 0 Å². The fraction of sp³-hybridized carbons (Fsp3) is 0.250. The van der Waals surface area contributed by atoms with Crippen molar-refractivity contribution < 1.29 is 19.4 Å². The van der Waals surface area contributed by atoms with Gasteiger partial charge in [0.1, 0.15) is 29.0 Å². The molecule has 4 rings (SSSR count). The van der Waals surface area contributed by atoms with E-state index in [0.29, 0.717) is 11.3 Å². The molecule has 0 saturated carbocycles. The summed E-state index contributed by atoms with van der Waals surface area (Å²) in [6.45, 7) is 4.01. The fourth-order valence-corrected chi connectivity index (χ4v) is 3.10. The van der Waals surface area contributed by atoms with Crippen LogP contribution in [0.1, 0.15) is 47.9 Å². The molecule has 1 atom stereocenters. The minimum absolute atomic E-state index is 0.0203. The number of ketones is 1. The lowest BCUT2D eigenvalue weighted by molar-refractivity contribution is 0.0849. The highest BCUT2D eigenvalue weighted by Crippen LogP contribution is 2.39. The SMILES string of the molecule is CC1(C)C=Cc2cc([C@H]3CC(=O)c4ccc(O)cc4O3)ccc2O1. The number of phenols is 1. The van der Waals surface area contributed by atoms with E-state index in [1.807, 2.05) is 44.2 Å². The second kappa shape index (κ2) is 5.13. The lowest BCUT2D eigenvalue weighted by atomic mass is 9.94. The van der Waals surface area contributed by atoms with Gasteiger partial charge >= 0.3 is 0 Å². The van der Waals surface area contributed by atoms with Gasteiger partial charge in [0.05, 0.1) is 12.0 Å². The van der Waals surface area contributed by atoms with Crippen molar-refractivity contribution in [3.8, 4) is 17.2 Å². The number of carbonyl (C=O) groups excluding carboxylic acids is 1. The molecule has 4 nitrogen and oxygen atoms in total. The highest BCUT2D eigenvalue weighted by atomic mass is 16.5. The van der Waals surface area contributed by atoms with Crippen LogP contribution in [0.15, 0.2) is 42.5 Å². The van der Waals surface area contributed by atoms with Crippen molar-refractivity contribution in [2.45, 2.75) is 32.0 Å². The van der Waals surface area contributed by atoms with Gasteiger partial charge in [0.25, 0.3) is 0 Å². The summed E-state index contributed by atoms with van der Waals surface area (Å²) in [6, 6.07) is 10.4. The number of fused-ring (bicyclic) bond motifs is 2. The molecule has 122 valence electrons. The average molecular weight is 322 g/mol. The maximum atomic E-state index is 12.4. The van der Waals surface area contributed by atoms with E-state index >= 15 is 0 Å². The Hall–Kier alpha value is -2.75. The van der Waals surface area contributed by atoms with Crippen LogP contribution in [-0.2, 0) is 0 Å². The molecule has 0 aromatic heterocycles. The van der Waals surface area contributed by atoms with E-state index in [9.17, 15) is 9.90 Å². The zero-order valence-corrected chi connectivity index (χ0v) is 13.6. The van der Waals surface area contributed by atoms with Crippen molar-refractivity contribution in [1.82, 2.24) is 0 Å². The number of carbonyl (C=O) groups is 1. The Morgan fingerprint density at radius 3 is 2.79 bits per heavy atom. The van der Waals surface area contributed by atoms with Crippen molar-refractivity contribution in [3.05, 3.63) is 59.2 Å². The van der Waals surface area contributed by atoms with Gasteiger partial charge in [0.2, 0.25) is 0 Å². The van der Waals surface area contributed by atoms with Gasteiger partial charge in [-0.25, -0.2) is 0 Å². The first-order valence-electron chi connectivity index (χ1n) is 7.96. The number of hydrogen-bond acceptors (Lipinski definition) is 4. The number of hydrogen-bond donors (Lipinski definition) is 1. The Balaban J connectivity index is 1.67. The first-order valence-corrected chi connectivity index (χ1v) is 7.96. The summed E-state index contributed by atoms with van der Waals surface area (Å²) in [7, 11) is 0. The molecule has 2 heterocycles. The molecule has 0 radical (unpaired) electrons. The average Bonchev–Trinajstić information content (AvgIpc) is 2.53. The molecule has 2 aromatic carbocycles. The van der Waals surface area contributed by atoms with Gasteiger partial charge in [0.15, 0.2) is 5.78 Å². The van der Waals surface area contributed by atoms with Gasteiger partial charge in [0, 0.05) is 11.6 Å². The summed E-state index contributed by atoms with van der Waals surface area (Å²) in [5.41, 5.74) is 2.10. The van der Waals surface area contributed by atoms with Crippen molar-refractivity contribution >= 4 is 11.9 Å². The van der Waals surface area contributed by atoms with Gasteiger partial charge in [-0.3, -0.25) is 4.79 Å². The number of benzene rings is 2. The van der Waals surface area contributed by atoms with Crippen LogP contribution < -0.4 is 9.47 Å². The van der Waals surface area contributed by atoms with Gasteiger partial charge in [-0.05, 0) is 49.8 Å². The van der Waals surface area contributed by atoms with E-state index in [2.05, 4.69) is 0 Å². The quantitative estimate of drug-likeness (QED) is 0.851. The Morgan fingerprint density at radius 2 is 1.96 bits per heavy atom. The van der Waals surface area contributed by atoms with Crippen LogP contribution in [0.4, 0.5) is 0 Å². The van der Waals surface area contributed by atoms with Crippen LogP contribution in [0.25, 0.3) is 6.08 Å². The first-order chi connectivity index (χ1) is 11.4. The van der Waals surface area contributed by atoms with E-state index in [1.54, 1.807) is 6.07 Å². The minimum Gasteiger partial charge on any atom is -0.508 e. The first kappa shape index (κ1) is 14.8. The third-order valence-corrected chi connectivity index (χ3v) is 4.35. The molecule has 1 N–H and O–H groups in total. The number of aromatic hydroxyl groups is 1. The lowest BCUT2D eigenvalue weighted by Gasteiger charge is -2.29. The number of phenolic OH excluding ortho intramolecular Hbond substituents is 1. The molecule has 4 heteroatoms. The largest absolute Gasteiger partial charge is 0.508 e. The molecule has 2 aliphatic heterocycles. The minimum atomic E-state index is -0.361. The molecular formula is C20H18O4. The molecule has 0 fully saturated rings. The van der Waals surface area contributed by atoms with Gasteiger partial charge in [-0.1, -0.05) is 12.1 Å². The zero-order chi connectivity index (χ0) is 16.9. The topological polar surface area (TPSA) is 55.8 Å². The summed E-state index contributed by atoms with van der Waals surface area (Å²) < 4.78 is 11.9. The maximum Gasteiger partial charge on any atom is 0.170 e. The normalized spacial score (nSPS) is 20.6. The predicted octanol–water partition coefficient (Wildman–Crippen LogP) is 4.28. The maximum absolute atomic E-state index is 12.4. The van der Waals surface area contributed by atoms with Crippen LogP contribution in [0.5, 0.6) is 17.2 Å². The zero-order valence-electron chi connectivity index (χ0n) is 13.6. The monoisotopic (exact) mass is 322 g/mol. The van der Waals surface area contributed by atoms with Crippen molar-refractivity contribution in [2.24, 2.45) is 0 Å². The molecule has 0 bridgehead atoms. The predicted molar refractivity (Wildman–Crippen MR) is 90.6 cm³/mol. The molecule has 0 saturated heterocycles. The molecule has 0 spiro atoms. The number of Topliss-reactive ketones (excluding diaryl/α,β-unsaturated/α-hetero) is 1. The van der Waals surface area contributed by atoms with Gasteiger partial charge < -0.3 is 14.6 Å². The Morgan fingerprint density at radius 1 is 1.12 bits per heavy atom. The summed E-state index contributed by atoms with van der Waals surface area (Å²) in [5, 5.41) is 9.62. The number of rotatable bonds is 1. The Labute approximate surface area is 140 Å². The molecule has 24 heavy (non-hydrogen) atoms. The molecule has 0 amide bonds. The van der Waals surface area contributed by atoms with E-state index in [-0.39, 0.29) is 29.7 Å². The standard InChI is InChI=1S/C20H18O4/c1-20(2)8-7-13-9-12(3-6-17(13)24-20)18-11-16(22)15-5-4-14(21)10-19(15)23-18/h3-10,18,21H,11H2,1-2H3/t18-/m1/s1. The molecule has 0 aliphatic carbocycles. The summed E-state index contributed by atoms with van der Waals surface area (Å²) in [4.78, 5) is 12.4. The second-order valence-electron chi connectivity index (χ2n) is 6.75. The van der Waals surface area contributed by atoms with Gasteiger partial charge in [-0.2, -0.15) is 0 Å². The molecule has 2 aromatic rings.